The van der Waals surface area contributed by atoms with Gasteiger partial charge in [-0.15, -0.1) is 0 Å². The van der Waals surface area contributed by atoms with Crippen molar-refractivity contribution in [3.8, 4) is 11.5 Å². The molecule has 0 aliphatic rings. The highest BCUT2D eigenvalue weighted by Gasteiger charge is 2.12. The fraction of sp³-hybridized carbons (Fsp3) is 0.250. The van der Waals surface area contributed by atoms with E-state index in [-0.39, 0.29) is 0 Å². The van der Waals surface area contributed by atoms with E-state index in [0.29, 0.717) is 12.2 Å². The Morgan fingerprint density at radius 2 is 1.89 bits per heavy atom. The largest absolute Gasteiger partial charge is 0.457 e. The highest BCUT2D eigenvalue weighted by atomic mass is 79.9. The van der Waals surface area contributed by atoms with Crippen LogP contribution < -0.4 is 4.74 Å². The van der Waals surface area contributed by atoms with Gasteiger partial charge in [0.15, 0.2) is 0 Å². The Hall–Kier alpha value is -1.32. The molecule has 0 bridgehead atoms. The predicted octanol–water partition coefficient (Wildman–Crippen LogP) is 4.99. The predicted molar refractivity (Wildman–Crippen MR) is 80.6 cm³/mol. The van der Waals surface area contributed by atoms with Crippen molar-refractivity contribution in [1.82, 2.24) is 0 Å². The van der Waals surface area contributed by atoms with Crippen LogP contribution in [-0.4, -0.2) is 5.11 Å². The van der Waals surface area contributed by atoms with Gasteiger partial charge in [-0.3, -0.25) is 0 Å². The maximum Gasteiger partial charge on any atom is 0.133 e. The minimum Gasteiger partial charge on any atom is -0.457 e. The van der Waals surface area contributed by atoms with Gasteiger partial charge in [-0.05, 0) is 37.1 Å². The van der Waals surface area contributed by atoms with Crippen molar-refractivity contribution in [2.24, 2.45) is 0 Å². The van der Waals surface area contributed by atoms with E-state index in [1.165, 1.54) is 0 Å². The van der Waals surface area contributed by atoms with E-state index in [9.17, 15) is 5.11 Å². The second-order valence-corrected chi connectivity index (χ2v) is 5.39. The van der Waals surface area contributed by atoms with Gasteiger partial charge in [0.25, 0.3) is 0 Å². The molecule has 0 amide bonds. The van der Waals surface area contributed by atoms with Crippen LogP contribution in [0.1, 0.15) is 30.6 Å². The molecule has 0 spiro atoms. The van der Waals surface area contributed by atoms with Crippen molar-refractivity contribution in [1.29, 1.82) is 0 Å². The number of aliphatic hydroxyl groups excluding tert-OH is 1. The number of aryl methyl sites for hydroxylation is 1. The van der Waals surface area contributed by atoms with Crippen LogP contribution in [0.25, 0.3) is 0 Å². The molecule has 0 aromatic heterocycles. The summed E-state index contributed by atoms with van der Waals surface area (Å²) < 4.78 is 6.93. The summed E-state index contributed by atoms with van der Waals surface area (Å²) in [4.78, 5) is 0. The summed E-state index contributed by atoms with van der Waals surface area (Å²) in [6.45, 7) is 3.95. The molecular formula is C16H17BrO2. The van der Waals surface area contributed by atoms with Crippen molar-refractivity contribution in [2.75, 3.05) is 0 Å². The molecule has 0 heterocycles. The maximum atomic E-state index is 10.0. The summed E-state index contributed by atoms with van der Waals surface area (Å²) in [6.07, 6.45) is 0.168. The Kier molecular flexibility index (Phi) is 4.61. The van der Waals surface area contributed by atoms with Gasteiger partial charge in [0.05, 0.1) is 6.10 Å². The lowest BCUT2D eigenvalue weighted by Gasteiger charge is -2.16. The first-order chi connectivity index (χ1) is 9.11. The Bertz CT molecular complexity index is 566. The van der Waals surface area contributed by atoms with Crippen molar-refractivity contribution >= 4 is 15.9 Å². The van der Waals surface area contributed by atoms with E-state index >= 15 is 0 Å². The minimum absolute atomic E-state index is 0.497. The van der Waals surface area contributed by atoms with Gasteiger partial charge < -0.3 is 9.84 Å². The topological polar surface area (TPSA) is 29.5 Å². The summed E-state index contributed by atoms with van der Waals surface area (Å²) in [5.41, 5.74) is 1.88. The zero-order valence-corrected chi connectivity index (χ0v) is 12.6. The molecule has 1 atom stereocenters. The SMILES string of the molecule is CCC(O)c1ccccc1Oc1cc(Br)ccc1C. The van der Waals surface area contributed by atoms with Gasteiger partial charge in [0, 0.05) is 10.0 Å². The number of hydrogen-bond donors (Lipinski definition) is 1. The average molecular weight is 321 g/mol. The quantitative estimate of drug-likeness (QED) is 0.859. The monoisotopic (exact) mass is 320 g/mol. The highest BCUT2D eigenvalue weighted by Crippen LogP contribution is 2.33. The normalized spacial score (nSPS) is 12.2. The lowest BCUT2D eigenvalue weighted by atomic mass is 10.1. The molecule has 0 aliphatic heterocycles. The molecule has 2 nitrogen and oxygen atoms in total. The van der Waals surface area contributed by atoms with Crippen LogP contribution in [0.2, 0.25) is 0 Å². The lowest BCUT2D eigenvalue weighted by Crippen LogP contribution is -1.99. The highest BCUT2D eigenvalue weighted by molar-refractivity contribution is 9.10. The van der Waals surface area contributed by atoms with E-state index in [2.05, 4.69) is 15.9 Å². The molecule has 2 rings (SSSR count). The zero-order valence-electron chi connectivity index (χ0n) is 11.1. The van der Waals surface area contributed by atoms with Crippen LogP contribution in [0.15, 0.2) is 46.9 Å². The van der Waals surface area contributed by atoms with Crippen LogP contribution in [0.4, 0.5) is 0 Å². The molecule has 1 N–H and O–H groups in total. The number of benzene rings is 2. The summed E-state index contributed by atoms with van der Waals surface area (Å²) >= 11 is 3.44. The Morgan fingerprint density at radius 1 is 1.16 bits per heavy atom. The standard InChI is InChI=1S/C16H17BrO2/c1-3-14(18)13-6-4-5-7-15(13)19-16-10-12(17)9-8-11(16)2/h4-10,14,18H,3H2,1-2H3. The van der Waals surface area contributed by atoms with Gasteiger partial charge in [-0.2, -0.15) is 0 Å². The zero-order chi connectivity index (χ0) is 13.8. The maximum absolute atomic E-state index is 10.0. The fourth-order valence-corrected chi connectivity index (χ4v) is 2.21. The molecule has 1 unspecified atom stereocenters. The van der Waals surface area contributed by atoms with Gasteiger partial charge >= 0.3 is 0 Å². The first kappa shape index (κ1) is 14.1. The Morgan fingerprint density at radius 3 is 2.63 bits per heavy atom. The van der Waals surface area contributed by atoms with Gasteiger partial charge in [-0.25, -0.2) is 0 Å². The van der Waals surface area contributed by atoms with Crippen LogP contribution >= 0.6 is 15.9 Å². The molecule has 2 aromatic carbocycles. The number of hydrogen-bond acceptors (Lipinski definition) is 2. The second-order valence-electron chi connectivity index (χ2n) is 4.47. The van der Waals surface area contributed by atoms with Crippen LogP contribution in [-0.2, 0) is 0 Å². The third-order valence-electron chi connectivity index (χ3n) is 3.03. The van der Waals surface area contributed by atoms with Crippen LogP contribution in [0, 0.1) is 6.92 Å². The van der Waals surface area contributed by atoms with Gasteiger partial charge in [0.1, 0.15) is 11.5 Å². The van der Waals surface area contributed by atoms with E-state index in [1.807, 2.05) is 56.3 Å². The van der Waals surface area contributed by atoms with Crippen molar-refractivity contribution in [3.63, 3.8) is 0 Å². The van der Waals surface area contributed by atoms with Crippen molar-refractivity contribution in [2.45, 2.75) is 26.4 Å². The Labute approximate surface area is 122 Å². The molecule has 3 heteroatoms. The first-order valence-electron chi connectivity index (χ1n) is 6.32. The summed E-state index contributed by atoms with van der Waals surface area (Å²) in [6, 6.07) is 13.5. The summed E-state index contributed by atoms with van der Waals surface area (Å²) in [5.74, 6) is 1.50. The molecule has 100 valence electrons. The molecule has 0 saturated heterocycles. The molecule has 0 fully saturated rings. The van der Waals surface area contributed by atoms with Gasteiger partial charge in [0.2, 0.25) is 0 Å². The third kappa shape index (κ3) is 3.37. The van der Waals surface area contributed by atoms with E-state index in [0.717, 1.165) is 21.3 Å². The minimum atomic E-state index is -0.497. The van der Waals surface area contributed by atoms with Gasteiger partial charge in [-0.1, -0.05) is 47.1 Å². The molecule has 0 saturated carbocycles. The number of rotatable bonds is 4. The second kappa shape index (κ2) is 6.22. The molecule has 2 aromatic rings. The lowest BCUT2D eigenvalue weighted by molar-refractivity contribution is 0.170. The smallest absolute Gasteiger partial charge is 0.133 e. The number of aliphatic hydroxyl groups is 1. The summed E-state index contributed by atoms with van der Waals surface area (Å²) in [7, 11) is 0. The molecule has 19 heavy (non-hydrogen) atoms. The molecule has 0 radical (unpaired) electrons. The number of halogens is 1. The Balaban J connectivity index is 2.35. The molecule has 0 aliphatic carbocycles. The van der Waals surface area contributed by atoms with E-state index < -0.39 is 6.10 Å². The van der Waals surface area contributed by atoms with Crippen LogP contribution in [0.3, 0.4) is 0 Å². The number of para-hydroxylation sites is 1. The fourth-order valence-electron chi connectivity index (χ4n) is 1.87. The van der Waals surface area contributed by atoms with E-state index in [1.54, 1.807) is 0 Å². The van der Waals surface area contributed by atoms with Crippen LogP contribution in [0.5, 0.6) is 11.5 Å². The average Bonchev–Trinajstić information content (AvgIpc) is 2.42. The molecular weight excluding hydrogens is 304 g/mol. The first-order valence-corrected chi connectivity index (χ1v) is 7.12. The third-order valence-corrected chi connectivity index (χ3v) is 3.53. The van der Waals surface area contributed by atoms with E-state index in [4.69, 9.17) is 4.74 Å². The number of ether oxygens (including phenoxy) is 1. The van der Waals surface area contributed by atoms with Crippen molar-refractivity contribution < 1.29 is 9.84 Å². The van der Waals surface area contributed by atoms with Crippen molar-refractivity contribution in [3.05, 3.63) is 58.1 Å². The summed E-state index contributed by atoms with van der Waals surface area (Å²) in [5, 5.41) is 10.0.